The number of hydrogen-bond acceptors (Lipinski definition) is 4. The molecule has 0 fully saturated rings. The Morgan fingerprint density at radius 3 is 2.19 bits per heavy atom. The first kappa shape index (κ1) is 23.7. The Morgan fingerprint density at radius 1 is 0.906 bits per heavy atom. The first-order valence-corrected chi connectivity index (χ1v) is 12.1. The van der Waals surface area contributed by atoms with E-state index in [4.69, 9.17) is 0 Å². The summed E-state index contributed by atoms with van der Waals surface area (Å²) < 4.78 is 33.7. The number of carbonyl (C=O) groups excluding carboxylic acids is 1. The van der Waals surface area contributed by atoms with Crippen molar-refractivity contribution in [3.63, 3.8) is 0 Å². The van der Waals surface area contributed by atoms with E-state index in [0.29, 0.717) is 19.3 Å². The minimum absolute atomic E-state index is 0.213. The number of methoxy groups -OCH3 is 1. The lowest BCUT2D eigenvalue weighted by molar-refractivity contribution is -0.140. The van der Waals surface area contributed by atoms with E-state index in [1.54, 1.807) is 24.3 Å². The summed E-state index contributed by atoms with van der Waals surface area (Å²) in [5.41, 5.74) is 4.04. The highest BCUT2D eigenvalue weighted by Crippen LogP contribution is 2.23. The van der Waals surface area contributed by atoms with Crippen molar-refractivity contribution in [3.05, 3.63) is 101 Å². The summed E-state index contributed by atoms with van der Waals surface area (Å²) in [5, 5.41) is 0. The smallest absolute Gasteiger partial charge is 0.305 e. The zero-order chi connectivity index (χ0) is 23.0. The minimum atomic E-state index is -3.68. The van der Waals surface area contributed by atoms with Crippen molar-refractivity contribution in [2.24, 2.45) is 0 Å². The molecular weight excluding hydrogens is 422 g/mol. The van der Waals surface area contributed by atoms with E-state index < -0.39 is 16.1 Å². The third-order valence-electron chi connectivity index (χ3n) is 5.37. The highest BCUT2D eigenvalue weighted by atomic mass is 32.2. The molecule has 0 saturated carbocycles. The molecule has 3 rings (SSSR count). The predicted molar refractivity (Wildman–Crippen MR) is 126 cm³/mol. The van der Waals surface area contributed by atoms with Gasteiger partial charge in [-0.3, -0.25) is 4.79 Å². The molecule has 0 aromatic heterocycles. The summed E-state index contributed by atoms with van der Waals surface area (Å²) in [6, 6.07) is 24.2. The van der Waals surface area contributed by atoms with Crippen molar-refractivity contribution in [1.82, 2.24) is 4.72 Å². The number of ether oxygens (including phenoxy) is 1. The van der Waals surface area contributed by atoms with Crippen molar-refractivity contribution in [1.29, 1.82) is 0 Å². The number of benzene rings is 3. The molecule has 0 heterocycles. The molecule has 0 spiro atoms. The maximum absolute atomic E-state index is 13.1. The maximum atomic E-state index is 13.1. The molecule has 0 saturated heterocycles. The molecule has 0 radical (unpaired) electrons. The largest absolute Gasteiger partial charge is 0.469 e. The standard InChI is InChI=1S/C26H29NO4S/c1-20-11-17-24(18-12-20)32(29,30)27-25(19-22-7-4-3-5-8-22)23-15-13-21(14-16-23)9-6-10-26(28)31-2/h3-5,7-8,11-18,25,27H,6,9-10,19H2,1-2H3. The average molecular weight is 452 g/mol. The predicted octanol–water partition coefficient (Wildman–Crippen LogP) is 4.75. The summed E-state index contributed by atoms with van der Waals surface area (Å²) in [5.74, 6) is -0.213. The molecule has 0 amide bonds. The average Bonchev–Trinajstić information content (AvgIpc) is 2.80. The van der Waals surface area contributed by atoms with Gasteiger partial charge in [-0.25, -0.2) is 13.1 Å². The fourth-order valence-electron chi connectivity index (χ4n) is 3.51. The second-order valence-corrected chi connectivity index (χ2v) is 9.56. The van der Waals surface area contributed by atoms with E-state index in [1.165, 1.54) is 7.11 Å². The molecule has 32 heavy (non-hydrogen) atoms. The van der Waals surface area contributed by atoms with Gasteiger partial charge in [0.25, 0.3) is 0 Å². The van der Waals surface area contributed by atoms with Crippen LogP contribution in [0.4, 0.5) is 0 Å². The zero-order valence-corrected chi connectivity index (χ0v) is 19.3. The Labute approximate surface area is 190 Å². The Hall–Kier alpha value is -2.96. The fraction of sp³-hybridized carbons (Fsp3) is 0.269. The lowest BCUT2D eigenvalue weighted by Gasteiger charge is -2.20. The molecule has 0 aliphatic rings. The van der Waals surface area contributed by atoms with Gasteiger partial charge in [0.2, 0.25) is 10.0 Å². The summed E-state index contributed by atoms with van der Waals surface area (Å²) >= 11 is 0. The van der Waals surface area contributed by atoms with Crippen molar-refractivity contribution in [2.75, 3.05) is 7.11 Å². The zero-order valence-electron chi connectivity index (χ0n) is 18.5. The number of aryl methyl sites for hydroxylation is 2. The second kappa shape index (κ2) is 11.1. The van der Waals surface area contributed by atoms with Gasteiger partial charge >= 0.3 is 5.97 Å². The quantitative estimate of drug-likeness (QED) is 0.452. The van der Waals surface area contributed by atoms with Crippen molar-refractivity contribution in [2.45, 2.75) is 43.5 Å². The van der Waals surface area contributed by atoms with Gasteiger partial charge in [-0.1, -0.05) is 72.3 Å². The number of carbonyl (C=O) groups is 1. The third-order valence-corrected chi connectivity index (χ3v) is 6.86. The van der Waals surface area contributed by atoms with Crippen LogP contribution in [0.2, 0.25) is 0 Å². The lowest BCUT2D eigenvalue weighted by atomic mass is 9.98. The van der Waals surface area contributed by atoms with Gasteiger partial charge in [-0.2, -0.15) is 0 Å². The molecule has 0 aliphatic heterocycles. The van der Waals surface area contributed by atoms with Gasteiger partial charge in [0.15, 0.2) is 0 Å². The molecule has 0 bridgehead atoms. The van der Waals surface area contributed by atoms with Crippen LogP contribution >= 0.6 is 0 Å². The molecule has 3 aromatic rings. The molecule has 1 atom stereocenters. The summed E-state index contributed by atoms with van der Waals surface area (Å²) in [6.07, 6.45) is 2.38. The molecule has 3 aromatic carbocycles. The van der Waals surface area contributed by atoms with Crippen LogP contribution < -0.4 is 4.72 Å². The van der Waals surface area contributed by atoms with Crippen LogP contribution in [0.5, 0.6) is 0 Å². The number of sulfonamides is 1. The first-order chi connectivity index (χ1) is 15.4. The van der Waals surface area contributed by atoms with Crippen LogP contribution in [-0.2, 0) is 32.4 Å². The molecule has 5 nitrogen and oxygen atoms in total. The monoisotopic (exact) mass is 451 g/mol. The SMILES string of the molecule is COC(=O)CCCc1ccc(C(Cc2ccccc2)NS(=O)(=O)c2ccc(C)cc2)cc1. The second-order valence-electron chi connectivity index (χ2n) is 7.85. The number of hydrogen-bond donors (Lipinski definition) is 1. The topological polar surface area (TPSA) is 72.5 Å². The highest BCUT2D eigenvalue weighted by Gasteiger charge is 2.22. The van der Waals surface area contributed by atoms with Crippen molar-refractivity contribution in [3.8, 4) is 0 Å². The van der Waals surface area contributed by atoms with E-state index in [9.17, 15) is 13.2 Å². The maximum Gasteiger partial charge on any atom is 0.305 e. The normalized spacial score (nSPS) is 12.3. The molecular formula is C26H29NO4S. The molecule has 6 heteroatoms. The molecule has 1 unspecified atom stereocenters. The van der Waals surface area contributed by atoms with Gasteiger partial charge in [0.1, 0.15) is 0 Å². The van der Waals surface area contributed by atoms with Crippen LogP contribution in [0.1, 0.15) is 41.1 Å². The van der Waals surface area contributed by atoms with Crippen LogP contribution in [0.25, 0.3) is 0 Å². The molecule has 168 valence electrons. The van der Waals surface area contributed by atoms with Crippen LogP contribution in [-0.4, -0.2) is 21.5 Å². The number of nitrogens with one attached hydrogen (secondary N) is 1. The minimum Gasteiger partial charge on any atom is -0.469 e. The summed E-state index contributed by atoms with van der Waals surface area (Å²) in [6.45, 7) is 1.93. The molecule has 1 N–H and O–H groups in total. The summed E-state index contributed by atoms with van der Waals surface area (Å²) in [7, 11) is -2.29. The van der Waals surface area contributed by atoms with E-state index in [0.717, 1.165) is 28.7 Å². The van der Waals surface area contributed by atoms with E-state index in [1.807, 2.05) is 61.5 Å². The van der Waals surface area contributed by atoms with E-state index in [2.05, 4.69) is 9.46 Å². The Bertz CT molecular complexity index is 1110. The van der Waals surface area contributed by atoms with Crippen LogP contribution in [0.15, 0.2) is 83.8 Å². The Kier molecular flexibility index (Phi) is 8.20. The number of rotatable bonds is 10. The van der Waals surface area contributed by atoms with E-state index >= 15 is 0 Å². The van der Waals surface area contributed by atoms with Gasteiger partial charge in [-0.05, 0) is 55.0 Å². The van der Waals surface area contributed by atoms with Crippen LogP contribution in [0, 0.1) is 6.92 Å². The van der Waals surface area contributed by atoms with Crippen LogP contribution in [0.3, 0.4) is 0 Å². The lowest BCUT2D eigenvalue weighted by Crippen LogP contribution is -2.30. The van der Waals surface area contributed by atoms with Crippen molar-refractivity contribution >= 4 is 16.0 Å². The van der Waals surface area contributed by atoms with Gasteiger partial charge < -0.3 is 4.74 Å². The van der Waals surface area contributed by atoms with Gasteiger partial charge in [0.05, 0.1) is 18.0 Å². The fourth-order valence-corrected chi connectivity index (χ4v) is 4.73. The Morgan fingerprint density at radius 2 is 1.56 bits per heavy atom. The first-order valence-electron chi connectivity index (χ1n) is 10.7. The summed E-state index contributed by atoms with van der Waals surface area (Å²) in [4.78, 5) is 11.6. The van der Waals surface area contributed by atoms with Gasteiger partial charge in [-0.15, -0.1) is 0 Å². The Balaban J connectivity index is 1.79. The molecule has 0 aliphatic carbocycles. The van der Waals surface area contributed by atoms with E-state index in [-0.39, 0.29) is 10.9 Å². The highest BCUT2D eigenvalue weighted by molar-refractivity contribution is 7.89. The van der Waals surface area contributed by atoms with Crippen molar-refractivity contribution < 1.29 is 17.9 Å². The van der Waals surface area contributed by atoms with Gasteiger partial charge in [0, 0.05) is 6.42 Å². The number of esters is 1. The third kappa shape index (κ3) is 6.77.